The van der Waals surface area contributed by atoms with Crippen LogP contribution in [0.15, 0.2) is 29.4 Å². The lowest BCUT2D eigenvalue weighted by Crippen LogP contribution is -2.15. The van der Waals surface area contributed by atoms with Gasteiger partial charge in [0.1, 0.15) is 0 Å². The molecule has 1 rings (SSSR count). The van der Waals surface area contributed by atoms with Gasteiger partial charge in [0.2, 0.25) is 5.91 Å². The van der Waals surface area contributed by atoms with Crippen molar-refractivity contribution in [3.63, 3.8) is 0 Å². The van der Waals surface area contributed by atoms with Crippen molar-refractivity contribution in [2.24, 2.45) is 5.10 Å². The van der Waals surface area contributed by atoms with Gasteiger partial charge >= 0.3 is 0 Å². The number of hydrogen-bond donors (Lipinski definition) is 1. The summed E-state index contributed by atoms with van der Waals surface area (Å²) in [6, 6.07) is 7.92. The highest BCUT2D eigenvalue weighted by molar-refractivity contribution is 5.82. The van der Waals surface area contributed by atoms with E-state index in [1.165, 1.54) is 5.56 Å². The Morgan fingerprint density at radius 2 is 2.07 bits per heavy atom. The molecule has 0 aliphatic carbocycles. The zero-order valence-electron chi connectivity index (χ0n) is 8.45. The van der Waals surface area contributed by atoms with Crippen LogP contribution in [0.25, 0.3) is 0 Å². The molecule has 0 saturated carbocycles. The Kier molecular flexibility index (Phi) is 3.85. The summed E-state index contributed by atoms with van der Waals surface area (Å²) < 4.78 is 0. The summed E-state index contributed by atoms with van der Waals surface area (Å²) in [4.78, 5) is 10.8. The molecule has 0 heterocycles. The number of hydrogen-bond acceptors (Lipinski definition) is 2. The average Bonchev–Trinajstić information content (AvgIpc) is 2.21. The first-order chi connectivity index (χ1) is 6.72. The Balaban J connectivity index is 2.52. The molecule has 0 aliphatic rings. The second-order valence-electron chi connectivity index (χ2n) is 3.06. The van der Waals surface area contributed by atoms with Crippen LogP contribution in [0.2, 0.25) is 0 Å². The van der Waals surface area contributed by atoms with Crippen LogP contribution in [0.5, 0.6) is 0 Å². The quantitative estimate of drug-likeness (QED) is 0.573. The molecular formula is C11H14N2O. The number of carbonyl (C=O) groups is 1. The zero-order chi connectivity index (χ0) is 10.4. The number of amides is 1. The lowest BCUT2D eigenvalue weighted by atomic mass is 10.2. The van der Waals surface area contributed by atoms with Crippen molar-refractivity contribution >= 4 is 12.1 Å². The maximum absolute atomic E-state index is 10.8. The fourth-order valence-corrected chi connectivity index (χ4v) is 0.910. The van der Waals surface area contributed by atoms with Crippen molar-refractivity contribution in [3.05, 3.63) is 35.4 Å². The van der Waals surface area contributed by atoms with Crippen molar-refractivity contribution < 1.29 is 4.79 Å². The Morgan fingerprint density at radius 3 is 2.64 bits per heavy atom. The number of carbonyl (C=O) groups excluding carboxylic acids is 1. The zero-order valence-corrected chi connectivity index (χ0v) is 8.45. The van der Waals surface area contributed by atoms with Gasteiger partial charge in [0.25, 0.3) is 0 Å². The average molecular weight is 190 g/mol. The van der Waals surface area contributed by atoms with Crippen LogP contribution in [-0.4, -0.2) is 12.1 Å². The second-order valence-corrected chi connectivity index (χ2v) is 3.06. The van der Waals surface area contributed by atoms with E-state index in [4.69, 9.17) is 0 Å². The normalized spacial score (nSPS) is 10.4. The first kappa shape index (κ1) is 10.4. The Labute approximate surface area is 83.8 Å². The van der Waals surface area contributed by atoms with E-state index in [-0.39, 0.29) is 5.91 Å². The van der Waals surface area contributed by atoms with Gasteiger partial charge in [-0.15, -0.1) is 0 Å². The molecule has 0 radical (unpaired) electrons. The molecule has 0 spiro atoms. The summed E-state index contributed by atoms with van der Waals surface area (Å²) in [5.74, 6) is -0.0756. The van der Waals surface area contributed by atoms with E-state index in [1.54, 1.807) is 13.1 Å². The molecule has 0 atom stereocenters. The van der Waals surface area contributed by atoms with Crippen LogP contribution in [0.4, 0.5) is 0 Å². The molecule has 3 nitrogen and oxygen atoms in total. The van der Waals surface area contributed by atoms with E-state index in [1.807, 2.05) is 31.2 Å². The number of benzene rings is 1. The largest absolute Gasteiger partial charge is 0.273 e. The van der Waals surface area contributed by atoms with Crippen molar-refractivity contribution in [2.45, 2.75) is 20.3 Å². The predicted octanol–water partition coefficient (Wildman–Crippen LogP) is 1.86. The summed E-state index contributed by atoms with van der Waals surface area (Å²) in [5.41, 5.74) is 4.61. The van der Waals surface area contributed by atoms with Crippen molar-refractivity contribution in [2.75, 3.05) is 0 Å². The first-order valence-electron chi connectivity index (χ1n) is 4.61. The standard InChI is InChI=1S/C11H14N2O/c1-3-11(14)13-12-8-10-6-4-9(2)5-7-10/h4-8H,3H2,1-2H3,(H,13,14)/b12-8+. The fraction of sp³-hybridized carbons (Fsp3) is 0.273. The number of hydrazone groups is 1. The molecule has 0 aromatic heterocycles. The van der Waals surface area contributed by atoms with E-state index >= 15 is 0 Å². The van der Waals surface area contributed by atoms with Gasteiger partial charge in [-0.1, -0.05) is 36.8 Å². The van der Waals surface area contributed by atoms with Crippen LogP contribution < -0.4 is 5.43 Å². The molecule has 3 heteroatoms. The van der Waals surface area contributed by atoms with E-state index < -0.39 is 0 Å². The van der Waals surface area contributed by atoms with Gasteiger partial charge in [0.15, 0.2) is 0 Å². The van der Waals surface area contributed by atoms with Gasteiger partial charge in [0, 0.05) is 6.42 Å². The summed E-state index contributed by atoms with van der Waals surface area (Å²) in [5, 5.41) is 3.82. The third-order valence-corrected chi connectivity index (χ3v) is 1.80. The SMILES string of the molecule is CCC(=O)N/N=C/c1ccc(C)cc1. The minimum Gasteiger partial charge on any atom is -0.273 e. The molecule has 0 fully saturated rings. The summed E-state index contributed by atoms with van der Waals surface area (Å²) in [7, 11) is 0. The van der Waals surface area contributed by atoms with Crippen molar-refractivity contribution in [1.82, 2.24) is 5.43 Å². The van der Waals surface area contributed by atoms with Crippen LogP contribution in [0, 0.1) is 6.92 Å². The topological polar surface area (TPSA) is 41.5 Å². The van der Waals surface area contributed by atoms with Gasteiger partial charge in [-0.25, -0.2) is 5.43 Å². The molecule has 0 unspecified atom stereocenters. The second kappa shape index (κ2) is 5.17. The van der Waals surface area contributed by atoms with E-state index in [9.17, 15) is 4.79 Å². The first-order valence-corrected chi connectivity index (χ1v) is 4.61. The van der Waals surface area contributed by atoms with Crippen LogP contribution in [0.3, 0.4) is 0 Å². The summed E-state index contributed by atoms with van der Waals surface area (Å²) in [6.07, 6.45) is 2.08. The molecule has 0 aliphatic heterocycles. The predicted molar refractivity (Wildman–Crippen MR) is 57.2 cm³/mol. The Bertz CT molecular complexity index is 328. The van der Waals surface area contributed by atoms with Crippen molar-refractivity contribution in [1.29, 1.82) is 0 Å². The molecule has 0 saturated heterocycles. The summed E-state index contributed by atoms with van der Waals surface area (Å²) >= 11 is 0. The van der Waals surface area contributed by atoms with Gasteiger partial charge in [0.05, 0.1) is 6.21 Å². The molecule has 1 aromatic rings. The highest BCUT2D eigenvalue weighted by atomic mass is 16.2. The Morgan fingerprint density at radius 1 is 1.43 bits per heavy atom. The molecule has 74 valence electrons. The van der Waals surface area contributed by atoms with Gasteiger partial charge < -0.3 is 0 Å². The molecule has 0 bridgehead atoms. The van der Waals surface area contributed by atoms with Crippen LogP contribution >= 0.6 is 0 Å². The minimum absolute atomic E-state index is 0.0756. The van der Waals surface area contributed by atoms with E-state index in [2.05, 4.69) is 10.5 Å². The smallest absolute Gasteiger partial charge is 0.239 e. The Hall–Kier alpha value is -1.64. The maximum Gasteiger partial charge on any atom is 0.239 e. The van der Waals surface area contributed by atoms with Gasteiger partial charge in [-0.2, -0.15) is 5.10 Å². The third kappa shape index (κ3) is 3.39. The molecular weight excluding hydrogens is 176 g/mol. The fourth-order valence-electron chi connectivity index (χ4n) is 0.910. The number of nitrogens with zero attached hydrogens (tertiary/aromatic N) is 1. The molecule has 1 amide bonds. The number of rotatable bonds is 3. The number of nitrogens with one attached hydrogen (secondary N) is 1. The highest BCUT2D eigenvalue weighted by Crippen LogP contribution is 1.99. The minimum atomic E-state index is -0.0756. The van der Waals surface area contributed by atoms with E-state index in [0.29, 0.717) is 6.42 Å². The third-order valence-electron chi connectivity index (χ3n) is 1.80. The van der Waals surface area contributed by atoms with Gasteiger partial charge in [-0.3, -0.25) is 4.79 Å². The molecule has 1 aromatic carbocycles. The lowest BCUT2D eigenvalue weighted by Gasteiger charge is -1.95. The van der Waals surface area contributed by atoms with Crippen LogP contribution in [0.1, 0.15) is 24.5 Å². The van der Waals surface area contributed by atoms with Gasteiger partial charge in [-0.05, 0) is 12.5 Å². The van der Waals surface area contributed by atoms with Crippen molar-refractivity contribution in [3.8, 4) is 0 Å². The van der Waals surface area contributed by atoms with Crippen LogP contribution in [-0.2, 0) is 4.79 Å². The molecule has 1 N–H and O–H groups in total. The highest BCUT2D eigenvalue weighted by Gasteiger charge is 1.91. The molecule has 14 heavy (non-hydrogen) atoms. The monoisotopic (exact) mass is 190 g/mol. The maximum atomic E-state index is 10.8. The summed E-state index contributed by atoms with van der Waals surface area (Å²) in [6.45, 7) is 3.82. The number of aryl methyl sites for hydroxylation is 1. The van der Waals surface area contributed by atoms with E-state index in [0.717, 1.165) is 5.56 Å². The lowest BCUT2D eigenvalue weighted by molar-refractivity contribution is -0.120.